The van der Waals surface area contributed by atoms with Gasteiger partial charge in [-0.2, -0.15) is 0 Å². The molecule has 0 atom stereocenters. The molecule has 20 heavy (non-hydrogen) atoms. The first-order chi connectivity index (χ1) is 9.32. The van der Waals surface area contributed by atoms with Crippen molar-refractivity contribution in [3.05, 3.63) is 34.9 Å². The molecule has 1 N–H and O–H groups in total. The molecule has 2 amide bonds. The zero-order valence-corrected chi connectivity index (χ0v) is 12.6. The molecule has 0 saturated carbocycles. The van der Waals surface area contributed by atoms with Crippen molar-refractivity contribution in [3.8, 4) is 0 Å². The van der Waals surface area contributed by atoms with Gasteiger partial charge in [-0.1, -0.05) is 18.2 Å². The summed E-state index contributed by atoms with van der Waals surface area (Å²) in [5.41, 5.74) is 2.64. The number of benzene rings is 1. The van der Waals surface area contributed by atoms with Gasteiger partial charge in [0.2, 0.25) is 11.8 Å². The normalized spacial score (nSPS) is 17.8. The summed E-state index contributed by atoms with van der Waals surface area (Å²) < 4.78 is 0. The summed E-state index contributed by atoms with van der Waals surface area (Å²) in [4.78, 5) is 26.0. The highest BCUT2D eigenvalue weighted by molar-refractivity contribution is 5.92. The van der Waals surface area contributed by atoms with Crippen LogP contribution >= 0.6 is 0 Å². The van der Waals surface area contributed by atoms with E-state index in [4.69, 9.17) is 0 Å². The highest BCUT2D eigenvalue weighted by Crippen LogP contribution is 2.20. The molecule has 0 bridgehead atoms. The molecule has 4 heteroatoms. The van der Waals surface area contributed by atoms with Crippen LogP contribution in [-0.4, -0.2) is 35.3 Å². The van der Waals surface area contributed by atoms with Gasteiger partial charge in [-0.15, -0.1) is 0 Å². The van der Waals surface area contributed by atoms with Gasteiger partial charge >= 0.3 is 0 Å². The lowest BCUT2D eigenvalue weighted by atomic mass is 9.97. The summed E-state index contributed by atoms with van der Waals surface area (Å²) in [7, 11) is 0. The Morgan fingerprint density at radius 3 is 2.65 bits per heavy atom. The lowest BCUT2D eigenvalue weighted by Gasteiger charge is -2.41. The smallest absolute Gasteiger partial charge is 0.245 e. The monoisotopic (exact) mass is 274 g/mol. The molecule has 4 nitrogen and oxygen atoms in total. The van der Waals surface area contributed by atoms with Crippen LogP contribution in [0.2, 0.25) is 0 Å². The summed E-state index contributed by atoms with van der Waals surface area (Å²) in [6.07, 6.45) is 0.345. The van der Waals surface area contributed by atoms with Crippen LogP contribution in [0, 0.1) is 13.8 Å². The van der Waals surface area contributed by atoms with Gasteiger partial charge in [0, 0.05) is 13.1 Å². The van der Waals surface area contributed by atoms with E-state index in [9.17, 15) is 9.59 Å². The molecule has 0 unspecified atom stereocenters. The third-order valence-electron chi connectivity index (χ3n) is 4.08. The van der Waals surface area contributed by atoms with E-state index in [2.05, 4.69) is 12.2 Å². The zero-order chi connectivity index (χ0) is 14.9. The van der Waals surface area contributed by atoms with E-state index in [-0.39, 0.29) is 11.8 Å². The predicted molar refractivity (Wildman–Crippen MR) is 78.4 cm³/mol. The minimum absolute atomic E-state index is 0.00750. The molecule has 2 rings (SSSR count). The Balaban J connectivity index is 2.15. The molecule has 0 spiro atoms. The van der Waals surface area contributed by atoms with Crippen LogP contribution in [0.3, 0.4) is 0 Å². The maximum Gasteiger partial charge on any atom is 0.245 e. The van der Waals surface area contributed by atoms with Gasteiger partial charge in [0.1, 0.15) is 5.54 Å². The van der Waals surface area contributed by atoms with Gasteiger partial charge in [-0.3, -0.25) is 9.59 Å². The average molecular weight is 274 g/mol. The highest BCUT2D eigenvalue weighted by atomic mass is 16.2. The molecular formula is C16H22N2O2. The molecule has 0 aromatic heterocycles. The van der Waals surface area contributed by atoms with Crippen LogP contribution in [0.15, 0.2) is 18.2 Å². The van der Waals surface area contributed by atoms with Crippen molar-refractivity contribution in [1.82, 2.24) is 10.2 Å². The Hall–Kier alpha value is -1.84. The lowest BCUT2D eigenvalue weighted by Crippen LogP contribution is -2.63. The van der Waals surface area contributed by atoms with E-state index in [1.807, 2.05) is 25.1 Å². The number of amides is 2. The topological polar surface area (TPSA) is 49.4 Å². The Bertz CT molecular complexity index is 549. The molecule has 1 saturated heterocycles. The van der Waals surface area contributed by atoms with Gasteiger partial charge in [0.15, 0.2) is 0 Å². The Kier molecular flexibility index (Phi) is 3.84. The summed E-state index contributed by atoms with van der Waals surface area (Å²) in [5.74, 6) is -0.0784. The average Bonchev–Trinajstić information content (AvgIpc) is 2.37. The maximum absolute atomic E-state index is 12.5. The van der Waals surface area contributed by atoms with Crippen molar-refractivity contribution in [2.24, 2.45) is 0 Å². The minimum Gasteiger partial charge on any atom is -0.352 e. The summed E-state index contributed by atoms with van der Waals surface area (Å²) in [6.45, 7) is 8.78. The molecule has 1 fully saturated rings. The molecule has 108 valence electrons. The zero-order valence-electron chi connectivity index (χ0n) is 12.6. The van der Waals surface area contributed by atoms with E-state index in [0.717, 1.165) is 5.56 Å². The van der Waals surface area contributed by atoms with Crippen molar-refractivity contribution in [2.45, 2.75) is 39.7 Å². The quantitative estimate of drug-likeness (QED) is 0.890. The number of carbonyl (C=O) groups excluding carboxylic acids is 2. The molecule has 1 aromatic rings. The van der Waals surface area contributed by atoms with Crippen molar-refractivity contribution in [1.29, 1.82) is 0 Å². The van der Waals surface area contributed by atoms with E-state index in [0.29, 0.717) is 19.5 Å². The van der Waals surface area contributed by atoms with Gasteiger partial charge in [-0.05, 0) is 44.4 Å². The first-order valence-corrected chi connectivity index (χ1v) is 6.97. The van der Waals surface area contributed by atoms with E-state index < -0.39 is 5.54 Å². The van der Waals surface area contributed by atoms with E-state index in [1.165, 1.54) is 11.1 Å². The maximum atomic E-state index is 12.5. The van der Waals surface area contributed by atoms with Gasteiger partial charge in [0.25, 0.3) is 0 Å². The van der Waals surface area contributed by atoms with E-state index >= 15 is 0 Å². The minimum atomic E-state index is -0.769. The third-order valence-corrected chi connectivity index (χ3v) is 4.08. The molecule has 1 aliphatic rings. The van der Waals surface area contributed by atoms with Crippen LogP contribution in [-0.2, 0) is 16.0 Å². The Morgan fingerprint density at radius 1 is 1.30 bits per heavy atom. The number of hydrogen-bond donors (Lipinski definition) is 1. The number of carbonyl (C=O) groups is 2. The van der Waals surface area contributed by atoms with Gasteiger partial charge in [-0.25, -0.2) is 0 Å². The summed E-state index contributed by atoms with van der Waals surface area (Å²) >= 11 is 0. The Labute approximate surface area is 120 Å². The van der Waals surface area contributed by atoms with Crippen molar-refractivity contribution < 1.29 is 9.59 Å². The van der Waals surface area contributed by atoms with Crippen molar-refractivity contribution in [2.75, 3.05) is 13.1 Å². The van der Waals surface area contributed by atoms with Crippen LogP contribution in [0.1, 0.15) is 30.5 Å². The molecule has 1 aromatic carbocycles. The number of nitrogens with one attached hydrogen (secondary N) is 1. The van der Waals surface area contributed by atoms with E-state index in [1.54, 1.807) is 18.7 Å². The summed E-state index contributed by atoms with van der Waals surface area (Å²) in [5, 5.41) is 2.80. The number of aryl methyl sites for hydroxylation is 2. The molecule has 1 aliphatic heterocycles. The van der Waals surface area contributed by atoms with Crippen LogP contribution in [0.5, 0.6) is 0 Å². The fourth-order valence-electron chi connectivity index (χ4n) is 2.52. The fourth-order valence-corrected chi connectivity index (χ4v) is 2.52. The number of hydrogen-bond acceptors (Lipinski definition) is 2. The lowest BCUT2D eigenvalue weighted by molar-refractivity contribution is -0.148. The van der Waals surface area contributed by atoms with Crippen molar-refractivity contribution >= 4 is 11.8 Å². The number of piperazine rings is 1. The predicted octanol–water partition coefficient (Wildman–Crippen LogP) is 1.58. The van der Waals surface area contributed by atoms with Gasteiger partial charge < -0.3 is 10.2 Å². The molecule has 0 aliphatic carbocycles. The first kappa shape index (κ1) is 14.6. The number of nitrogens with zero attached hydrogens (tertiary/aromatic N) is 1. The first-order valence-electron chi connectivity index (χ1n) is 6.97. The second-order valence-electron chi connectivity index (χ2n) is 5.96. The highest BCUT2D eigenvalue weighted by Gasteiger charge is 2.40. The van der Waals surface area contributed by atoms with Crippen LogP contribution in [0.25, 0.3) is 0 Å². The second kappa shape index (κ2) is 5.27. The largest absolute Gasteiger partial charge is 0.352 e. The third kappa shape index (κ3) is 2.69. The molecule has 0 radical (unpaired) electrons. The van der Waals surface area contributed by atoms with Crippen LogP contribution in [0.4, 0.5) is 0 Å². The Morgan fingerprint density at radius 2 is 2.00 bits per heavy atom. The number of rotatable bonds is 2. The molecular weight excluding hydrogens is 252 g/mol. The SMILES string of the molecule is Cc1ccc(CC(=O)N2CCNC(=O)C2(C)C)cc1C. The van der Waals surface area contributed by atoms with Crippen molar-refractivity contribution in [3.63, 3.8) is 0 Å². The standard InChI is InChI=1S/C16H22N2O2/c1-11-5-6-13(9-12(11)2)10-14(19)18-8-7-17-15(20)16(18,3)4/h5-6,9H,7-8,10H2,1-4H3,(H,17,20). The van der Waals surface area contributed by atoms with Gasteiger partial charge in [0.05, 0.1) is 6.42 Å². The van der Waals surface area contributed by atoms with Crippen LogP contribution < -0.4 is 5.32 Å². The second-order valence-corrected chi connectivity index (χ2v) is 5.96. The fraction of sp³-hybridized carbons (Fsp3) is 0.500. The molecule has 1 heterocycles. The summed E-state index contributed by atoms with van der Waals surface area (Å²) in [6, 6.07) is 6.06.